The van der Waals surface area contributed by atoms with Crippen molar-refractivity contribution in [2.75, 3.05) is 5.75 Å². The number of aromatic nitrogens is 4. The topological polar surface area (TPSA) is 77.2 Å². The van der Waals surface area contributed by atoms with Gasteiger partial charge in [-0.15, -0.1) is 0 Å². The van der Waals surface area contributed by atoms with Crippen LogP contribution in [0, 0.1) is 13.8 Å². The first-order valence-corrected chi connectivity index (χ1v) is 8.65. The van der Waals surface area contributed by atoms with E-state index in [4.69, 9.17) is 0 Å². The van der Waals surface area contributed by atoms with Gasteiger partial charge in [-0.1, -0.05) is 6.07 Å². The molecule has 0 unspecified atom stereocenters. The molecular weight excluding hydrogens is 300 g/mol. The second-order valence-electron chi connectivity index (χ2n) is 5.50. The van der Waals surface area contributed by atoms with Gasteiger partial charge in [-0.2, -0.15) is 0 Å². The second-order valence-corrected chi connectivity index (χ2v) is 7.53. The summed E-state index contributed by atoms with van der Waals surface area (Å²) in [6.45, 7) is 3.73. The zero-order valence-corrected chi connectivity index (χ0v) is 13.1. The van der Waals surface area contributed by atoms with Crippen molar-refractivity contribution in [2.24, 2.45) is 0 Å². The van der Waals surface area contributed by atoms with E-state index in [-0.39, 0.29) is 10.8 Å². The molecule has 0 atom stereocenters. The Labute approximate surface area is 127 Å². The van der Waals surface area contributed by atoms with Crippen molar-refractivity contribution in [3.63, 3.8) is 0 Å². The van der Waals surface area contributed by atoms with Crippen molar-refractivity contribution in [3.8, 4) is 11.1 Å². The van der Waals surface area contributed by atoms with E-state index in [1.165, 1.54) is 6.33 Å². The van der Waals surface area contributed by atoms with Crippen LogP contribution in [0.2, 0.25) is 0 Å². The van der Waals surface area contributed by atoms with E-state index in [1.807, 2.05) is 26.0 Å². The smallest absolute Gasteiger partial charge is 0.198 e. The van der Waals surface area contributed by atoms with Crippen molar-refractivity contribution in [2.45, 2.75) is 25.3 Å². The van der Waals surface area contributed by atoms with Crippen molar-refractivity contribution in [1.29, 1.82) is 0 Å². The molecule has 0 fully saturated rings. The molecule has 0 radical (unpaired) electrons. The molecular formula is C15H14N4O2S. The summed E-state index contributed by atoms with van der Waals surface area (Å²) in [6, 6.07) is 3.92. The Morgan fingerprint density at radius 1 is 1.14 bits per heavy atom. The van der Waals surface area contributed by atoms with Crippen LogP contribution in [0.4, 0.5) is 0 Å². The first-order chi connectivity index (χ1) is 10.5. The largest absolute Gasteiger partial charge is 0.285 e. The fourth-order valence-electron chi connectivity index (χ4n) is 2.90. The first-order valence-electron chi connectivity index (χ1n) is 7.00. The summed E-state index contributed by atoms with van der Waals surface area (Å²) in [4.78, 5) is 13.0. The van der Waals surface area contributed by atoms with Crippen molar-refractivity contribution >= 4 is 15.4 Å². The summed E-state index contributed by atoms with van der Waals surface area (Å²) in [7, 11) is -3.44. The fraction of sp³-hybridized carbons (Fsp3) is 0.267. The Bertz CT molecular complexity index is 1020. The summed E-state index contributed by atoms with van der Waals surface area (Å²) in [5.74, 6) is 0.721. The first kappa shape index (κ1) is 13.4. The molecule has 0 saturated heterocycles. The molecule has 22 heavy (non-hydrogen) atoms. The number of fused-ring (bicyclic) bond motifs is 2. The van der Waals surface area contributed by atoms with Crippen LogP contribution >= 0.6 is 0 Å². The maximum Gasteiger partial charge on any atom is 0.198 e. The van der Waals surface area contributed by atoms with E-state index < -0.39 is 9.84 Å². The van der Waals surface area contributed by atoms with Gasteiger partial charge in [0.1, 0.15) is 12.2 Å². The average Bonchev–Trinajstić information content (AvgIpc) is 2.92. The number of sulfone groups is 1. The predicted molar refractivity (Wildman–Crippen MR) is 81.4 cm³/mol. The molecule has 6 nitrogen and oxygen atoms in total. The average molecular weight is 314 g/mol. The molecule has 3 aromatic rings. The van der Waals surface area contributed by atoms with Gasteiger partial charge in [0.25, 0.3) is 0 Å². The molecule has 7 heteroatoms. The summed E-state index contributed by atoms with van der Waals surface area (Å²) in [6.07, 6.45) is 3.62. The van der Waals surface area contributed by atoms with Gasteiger partial charge in [-0.3, -0.25) is 9.38 Å². The lowest BCUT2D eigenvalue weighted by Crippen LogP contribution is -2.15. The Morgan fingerprint density at radius 3 is 2.77 bits per heavy atom. The minimum Gasteiger partial charge on any atom is -0.285 e. The van der Waals surface area contributed by atoms with Gasteiger partial charge in [0.15, 0.2) is 14.9 Å². The van der Waals surface area contributed by atoms with E-state index in [2.05, 4.69) is 15.0 Å². The lowest BCUT2D eigenvalue weighted by molar-refractivity contribution is 0.592. The van der Waals surface area contributed by atoms with Crippen LogP contribution in [0.3, 0.4) is 0 Å². The van der Waals surface area contributed by atoms with Crippen LogP contribution < -0.4 is 0 Å². The van der Waals surface area contributed by atoms with E-state index in [0.29, 0.717) is 17.8 Å². The van der Waals surface area contributed by atoms with Gasteiger partial charge >= 0.3 is 0 Å². The highest BCUT2D eigenvalue weighted by Crippen LogP contribution is 2.33. The predicted octanol–water partition coefficient (Wildman–Crippen LogP) is 1.74. The molecule has 1 aliphatic rings. The van der Waals surface area contributed by atoms with Gasteiger partial charge in [0.2, 0.25) is 0 Å². The molecule has 0 N–H and O–H groups in total. The summed E-state index contributed by atoms with van der Waals surface area (Å²) < 4.78 is 26.9. The minimum absolute atomic E-state index is 0.0178. The van der Waals surface area contributed by atoms with Crippen LogP contribution in [0.15, 0.2) is 29.7 Å². The van der Waals surface area contributed by atoms with Crippen molar-refractivity contribution < 1.29 is 8.42 Å². The quantitative estimate of drug-likeness (QED) is 0.631. The van der Waals surface area contributed by atoms with Gasteiger partial charge in [0.05, 0.1) is 11.3 Å². The number of pyridine rings is 1. The van der Waals surface area contributed by atoms with E-state index >= 15 is 0 Å². The van der Waals surface area contributed by atoms with E-state index in [1.54, 1.807) is 10.6 Å². The number of hydrogen-bond donors (Lipinski definition) is 0. The highest BCUT2D eigenvalue weighted by atomic mass is 32.2. The number of aryl methyl sites for hydroxylation is 3. The van der Waals surface area contributed by atoms with Gasteiger partial charge < -0.3 is 0 Å². The summed E-state index contributed by atoms with van der Waals surface area (Å²) >= 11 is 0. The molecule has 112 valence electrons. The summed E-state index contributed by atoms with van der Waals surface area (Å²) in [5.41, 5.74) is 3.97. The number of nitrogens with zero attached hydrogens (tertiary/aromatic N) is 4. The maximum atomic E-state index is 12.6. The molecule has 0 saturated carbocycles. The van der Waals surface area contributed by atoms with Gasteiger partial charge in [-0.05, 0) is 19.9 Å². The number of rotatable bonds is 0. The molecule has 0 bridgehead atoms. The molecule has 1 aliphatic heterocycles. The highest BCUT2D eigenvalue weighted by Gasteiger charge is 2.28. The minimum atomic E-state index is -3.44. The van der Waals surface area contributed by atoms with Gasteiger partial charge in [-0.25, -0.2) is 18.4 Å². The lowest BCUT2D eigenvalue weighted by Gasteiger charge is -2.15. The van der Waals surface area contributed by atoms with Crippen LogP contribution in [-0.4, -0.2) is 33.5 Å². The van der Waals surface area contributed by atoms with Crippen LogP contribution in [0.25, 0.3) is 16.6 Å². The fourth-order valence-corrected chi connectivity index (χ4v) is 4.27. The maximum absolute atomic E-state index is 12.6. The van der Waals surface area contributed by atoms with Crippen molar-refractivity contribution in [3.05, 3.63) is 41.9 Å². The second kappa shape index (κ2) is 4.36. The SMILES string of the molecule is Cc1ccc2c(n1)CCS(=O)(=O)c1ncn3c(C)ncc-2c13. The molecule has 4 heterocycles. The molecule has 0 aliphatic carbocycles. The lowest BCUT2D eigenvalue weighted by atomic mass is 10.0. The zero-order chi connectivity index (χ0) is 15.5. The molecule has 0 aromatic carbocycles. The third-order valence-electron chi connectivity index (χ3n) is 4.02. The van der Waals surface area contributed by atoms with Crippen molar-refractivity contribution in [1.82, 2.24) is 19.4 Å². The highest BCUT2D eigenvalue weighted by molar-refractivity contribution is 7.91. The van der Waals surface area contributed by atoms with Crippen LogP contribution in [-0.2, 0) is 16.3 Å². The van der Waals surface area contributed by atoms with Gasteiger partial charge in [0, 0.05) is 35.1 Å². The van der Waals surface area contributed by atoms with Crippen LogP contribution in [0.1, 0.15) is 17.2 Å². The Morgan fingerprint density at radius 2 is 1.95 bits per heavy atom. The normalized spacial score (nSPS) is 16.1. The zero-order valence-electron chi connectivity index (χ0n) is 12.2. The van der Waals surface area contributed by atoms with E-state index in [9.17, 15) is 8.42 Å². The molecule has 4 rings (SSSR count). The number of imidazole rings is 1. The molecule has 0 amide bonds. The van der Waals surface area contributed by atoms with Crippen LogP contribution in [0.5, 0.6) is 0 Å². The Kier molecular flexibility index (Phi) is 2.65. The third kappa shape index (κ3) is 1.78. The third-order valence-corrected chi connectivity index (χ3v) is 5.65. The monoisotopic (exact) mass is 314 g/mol. The standard InChI is InChI=1S/C15H14N4O2S/c1-9-3-4-11-12-7-16-10(2)19-8-17-15(14(12)19)22(20,21)6-5-13(11)18-9/h3-4,7-8H,5-6H2,1-2H3. The Balaban J connectivity index is 2.21. The molecule has 0 spiro atoms. The Hall–Kier alpha value is -2.28. The molecule has 3 aromatic heterocycles. The van der Waals surface area contributed by atoms with E-state index in [0.717, 1.165) is 22.5 Å². The number of hydrogen-bond acceptors (Lipinski definition) is 5. The summed E-state index contributed by atoms with van der Waals surface area (Å²) in [5, 5.41) is 0.138.